The fourth-order valence-corrected chi connectivity index (χ4v) is 1.47. The van der Waals surface area contributed by atoms with Gasteiger partial charge in [-0.2, -0.15) is 0 Å². The summed E-state index contributed by atoms with van der Waals surface area (Å²) in [6, 6.07) is 7.87. The maximum absolute atomic E-state index is 5.24. The minimum Gasteiger partial charge on any atom is -0.443 e. The third-order valence-corrected chi connectivity index (χ3v) is 2.22. The van der Waals surface area contributed by atoms with E-state index < -0.39 is 0 Å². The summed E-state index contributed by atoms with van der Waals surface area (Å²) in [6.45, 7) is 2.00. The first kappa shape index (κ1) is 10.4. The van der Waals surface area contributed by atoms with Gasteiger partial charge in [-0.15, -0.1) is 0 Å². The molecule has 0 unspecified atom stereocenters. The zero-order valence-corrected chi connectivity index (χ0v) is 9.18. The molecular formula is C12H12N2O2. The van der Waals surface area contributed by atoms with Gasteiger partial charge in [0.1, 0.15) is 13.4 Å². The number of rotatable bonds is 3. The van der Waals surface area contributed by atoms with E-state index in [2.05, 4.69) is 10.1 Å². The first-order valence-corrected chi connectivity index (χ1v) is 4.90. The fourth-order valence-electron chi connectivity index (χ4n) is 1.47. The van der Waals surface area contributed by atoms with Crippen LogP contribution in [-0.2, 0) is 4.84 Å². The summed E-state index contributed by atoms with van der Waals surface area (Å²) in [5.74, 6) is 0.455. The molecule has 0 atom stereocenters. The molecule has 4 nitrogen and oxygen atoms in total. The van der Waals surface area contributed by atoms with Crippen LogP contribution in [-0.4, -0.2) is 17.8 Å². The molecule has 0 bridgehead atoms. The highest BCUT2D eigenvalue weighted by atomic mass is 16.6. The van der Waals surface area contributed by atoms with Crippen molar-refractivity contribution in [2.75, 3.05) is 7.11 Å². The molecule has 82 valence electrons. The van der Waals surface area contributed by atoms with Crippen molar-refractivity contribution in [3.8, 4) is 0 Å². The van der Waals surface area contributed by atoms with Gasteiger partial charge in [0, 0.05) is 5.56 Å². The lowest BCUT2D eigenvalue weighted by atomic mass is 10.0. The Morgan fingerprint density at radius 2 is 2.19 bits per heavy atom. The van der Waals surface area contributed by atoms with E-state index >= 15 is 0 Å². The van der Waals surface area contributed by atoms with Crippen molar-refractivity contribution in [1.29, 1.82) is 0 Å². The van der Waals surface area contributed by atoms with Crippen molar-refractivity contribution >= 4 is 5.71 Å². The molecule has 4 heteroatoms. The highest BCUT2D eigenvalue weighted by Gasteiger charge is 2.14. The van der Waals surface area contributed by atoms with Crippen molar-refractivity contribution in [2.24, 2.45) is 5.16 Å². The van der Waals surface area contributed by atoms with E-state index in [9.17, 15) is 0 Å². The molecular weight excluding hydrogens is 204 g/mol. The van der Waals surface area contributed by atoms with Crippen LogP contribution in [0.5, 0.6) is 0 Å². The second-order valence-corrected chi connectivity index (χ2v) is 3.27. The number of oxime groups is 1. The fraction of sp³-hybridized carbons (Fsp3) is 0.167. The van der Waals surface area contributed by atoms with Crippen LogP contribution in [0.1, 0.15) is 17.0 Å². The summed E-state index contributed by atoms with van der Waals surface area (Å²) in [6.07, 6.45) is 3.09. The Labute approximate surface area is 93.6 Å². The smallest absolute Gasteiger partial charge is 0.249 e. The molecule has 0 spiro atoms. The Morgan fingerprint density at radius 3 is 2.81 bits per heavy atom. The van der Waals surface area contributed by atoms with Gasteiger partial charge in [-0.05, 0) is 12.5 Å². The average Bonchev–Trinajstić information content (AvgIpc) is 2.80. The minimum absolute atomic E-state index is 0.455. The topological polar surface area (TPSA) is 47.6 Å². The molecule has 16 heavy (non-hydrogen) atoms. The van der Waals surface area contributed by atoms with E-state index in [0.717, 1.165) is 11.1 Å². The van der Waals surface area contributed by atoms with Crippen molar-refractivity contribution in [3.63, 3.8) is 0 Å². The normalized spacial score (nSPS) is 11.5. The molecule has 0 aliphatic carbocycles. The largest absolute Gasteiger partial charge is 0.443 e. The van der Waals surface area contributed by atoms with Gasteiger partial charge in [-0.3, -0.25) is 0 Å². The Bertz CT molecular complexity index is 489. The number of benzene rings is 1. The van der Waals surface area contributed by atoms with Gasteiger partial charge in [-0.25, -0.2) is 4.98 Å². The summed E-state index contributed by atoms with van der Waals surface area (Å²) in [7, 11) is 1.50. The Kier molecular flexibility index (Phi) is 3.00. The van der Waals surface area contributed by atoms with E-state index in [1.807, 2.05) is 31.2 Å². The molecule has 0 N–H and O–H groups in total. The minimum atomic E-state index is 0.455. The molecule has 0 amide bonds. The van der Waals surface area contributed by atoms with Gasteiger partial charge in [0.25, 0.3) is 0 Å². The molecule has 0 aliphatic rings. The van der Waals surface area contributed by atoms with Crippen LogP contribution in [0.25, 0.3) is 0 Å². The summed E-state index contributed by atoms with van der Waals surface area (Å²) >= 11 is 0. The van der Waals surface area contributed by atoms with Gasteiger partial charge in [0.2, 0.25) is 5.89 Å². The van der Waals surface area contributed by atoms with E-state index in [1.165, 1.54) is 13.4 Å². The molecule has 2 aromatic rings. The number of hydrogen-bond acceptors (Lipinski definition) is 4. The third-order valence-electron chi connectivity index (χ3n) is 2.22. The van der Waals surface area contributed by atoms with Crippen molar-refractivity contribution in [1.82, 2.24) is 4.98 Å². The average molecular weight is 216 g/mol. The standard InChI is InChI=1S/C12H12N2O2/c1-9-5-3-4-6-10(9)11(14-15-2)12-13-7-8-16-12/h3-8H,1-2H3/b14-11+. The second-order valence-electron chi connectivity index (χ2n) is 3.27. The first-order chi connectivity index (χ1) is 7.83. The predicted molar refractivity (Wildman–Crippen MR) is 60.3 cm³/mol. The lowest BCUT2D eigenvalue weighted by molar-refractivity contribution is 0.213. The summed E-state index contributed by atoms with van der Waals surface area (Å²) in [4.78, 5) is 8.90. The van der Waals surface area contributed by atoms with Crippen LogP contribution in [0.4, 0.5) is 0 Å². The highest BCUT2D eigenvalue weighted by Crippen LogP contribution is 2.13. The number of nitrogens with zero attached hydrogens (tertiary/aromatic N) is 2. The van der Waals surface area contributed by atoms with Crippen molar-refractivity contribution in [2.45, 2.75) is 6.92 Å². The zero-order chi connectivity index (χ0) is 11.4. The van der Waals surface area contributed by atoms with Gasteiger partial charge in [-0.1, -0.05) is 29.4 Å². The Balaban J connectivity index is 2.50. The Hall–Kier alpha value is -2.10. The quantitative estimate of drug-likeness (QED) is 0.584. The van der Waals surface area contributed by atoms with E-state index in [-0.39, 0.29) is 0 Å². The predicted octanol–water partition coefficient (Wildman–Crippen LogP) is 2.38. The van der Waals surface area contributed by atoms with Crippen LogP contribution in [0, 0.1) is 6.92 Å². The van der Waals surface area contributed by atoms with E-state index in [4.69, 9.17) is 9.25 Å². The highest BCUT2D eigenvalue weighted by molar-refractivity contribution is 6.10. The van der Waals surface area contributed by atoms with Crippen molar-refractivity contribution < 1.29 is 9.25 Å². The number of oxazole rings is 1. The van der Waals surface area contributed by atoms with Gasteiger partial charge < -0.3 is 9.25 Å². The van der Waals surface area contributed by atoms with Crippen LogP contribution in [0.15, 0.2) is 46.3 Å². The summed E-state index contributed by atoms with van der Waals surface area (Å²) < 4.78 is 5.24. The van der Waals surface area contributed by atoms with Gasteiger partial charge in [0.05, 0.1) is 6.20 Å². The second kappa shape index (κ2) is 4.61. The lowest BCUT2D eigenvalue weighted by Crippen LogP contribution is -2.06. The maximum atomic E-state index is 5.24. The maximum Gasteiger partial charge on any atom is 0.249 e. The molecule has 1 aromatic heterocycles. The van der Waals surface area contributed by atoms with Crippen LogP contribution in [0.3, 0.4) is 0 Å². The molecule has 1 aromatic carbocycles. The van der Waals surface area contributed by atoms with Crippen LogP contribution >= 0.6 is 0 Å². The molecule has 0 saturated heterocycles. The van der Waals surface area contributed by atoms with Gasteiger partial charge in [0.15, 0.2) is 5.71 Å². The van der Waals surface area contributed by atoms with Crippen LogP contribution < -0.4 is 0 Å². The monoisotopic (exact) mass is 216 g/mol. The summed E-state index contributed by atoms with van der Waals surface area (Å²) in [5.41, 5.74) is 2.65. The molecule has 0 fully saturated rings. The van der Waals surface area contributed by atoms with Crippen molar-refractivity contribution in [3.05, 3.63) is 53.7 Å². The molecule has 1 heterocycles. The lowest BCUT2D eigenvalue weighted by Gasteiger charge is -2.04. The summed E-state index contributed by atoms with van der Waals surface area (Å²) in [5, 5.41) is 3.96. The molecule has 0 aliphatic heterocycles. The SMILES string of the molecule is CO/N=C(/c1ncco1)c1ccccc1C. The zero-order valence-electron chi connectivity index (χ0n) is 9.18. The van der Waals surface area contributed by atoms with E-state index in [0.29, 0.717) is 11.6 Å². The number of hydrogen-bond donors (Lipinski definition) is 0. The first-order valence-electron chi connectivity index (χ1n) is 4.90. The Morgan fingerprint density at radius 1 is 1.38 bits per heavy atom. The number of aromatic nitrogens is 1. The molecule has 0 radical (unpaired) electrons. The van der Waals surface area contributed by atoms with Crippen LogP contribution in [0.2, 0.25) is 0 Å². The van der Waals surface area contributed by atoms with E-state index in [1.54, 1.807) is 6.20 Å². The van der Waals surface area contributed by atoms with Gasteiger partial charge >= 0.3 is 0 Å². The number of aryl methyl sites for hydroxylation is 1. The third kappa shape index (κ3) is 1.95. The molecule has 0 saturated carbocycles. The molecule has 2 rings (SSSR count).